The highest BCUT2D eigenvalue weighted by atomic mass is 16.7. The highest BCUT2D eigenvalue weighted by Gasteiger charge is 2.44. The third kappa shape index (κ3) is 47.3. The van der Waals surface area contributed by atoms with Gasteiger partial charge in [0.25, 0.3) is 0 Å². The van der Waals surface area contributed by atoms with Crippen molar-refractivity contribution in [2.75, 3.05) is 13.2 Å². The first-order valence-corrected chi connectivity index (χ1v) is 32.9. The molecule has 6 N–H and O–H groups in total. The quantitative estimate of drug-likeness (QED) is 0.0261. The van der Waals surface area contributed by atoms with Crippen LogP contribution in [-0.2, 0) is 14.3 Å². The third-order valence-corrected chi connectivity index (χ3v) is 15.2. The molecule has 0 aromatic heterocycles. The summed E-state index contributed by atoms with van der Waals surface area (Å²) in [6.45, 7) is 3.72. The van der Waals surface area contributed by atoms with Crippen molar-refractivity contribution >= 4 is 5.91 Å². The molecule has 0 radical (unpaired) electrons. The molecule has 9 nitrogen and oxygen atoms in total. The van der Waals surface area contributed by atoms with Crippen molar-refractivity contribution in [3.63, 3.8) is 0 Å². The lowest BCUT2D eigenvalue weighted by Gasteiger charge is -2.40. The summed E-state index contributed by atoms with van der Waals surface area (Å²) in [4.78, 5) is 13.1. The van der Waals surface area contributed by atoms with Crippen LogP contribution >= 0.6 is 0 Å². The molecule has 456 valence electrons. The fourth-order valence-corrected chi connectivity index (χ4v) is 10.1. The van der Waals surface area contributed by atoms with Gasteiger partial charge in [0, 0.05) is 6.42 Å². The molecule has 1 aliphatic heterocycles. The predicted molar refractivity (Wildman–Crippen MR) is 336 cm³/mol. The average Bonchev–Trinajstić information content (AvgIpc) is 3.47. The number of allylic oxidation sites excluding steroid dienone is 16. The molecule has 0 saturated carbocycles. The zero-order valence-corrected chi connectivity index (χ0v) is 50.9. The van der Waals surface area contributed by atoms with Gasteiger partial charge in [0.2, 0.25) is 5.91 Å². The molecule has 1 amide bonds. The molecule has 0 spiro atoms. The van der Waals surface area contributed by atoms with Crippen LogP contribution in [0.4, 0.5) is 0 Å². The first kappa shape index (κ1) is 74.1. The number of aliphatic hydroxyl groups excluding tert-OH is 5. The number of rotatable bonds is 56. The van der Waals surface area contributed by atoms with E-state index in [4.69, 9.17) is 9.47 Å². The van der Waals surface area contributed by atoms with Crippen molar-refractivity contribution in [2.45, 2.75) is 326 Å². The zero-order valence-electron chi connectivity index (χ0n) is 50.9. The Balaban J connectivity index is 2.20. The molecule has 0 aromatic carbocycles. The van der Waals surface area contributed by atoms with Gasteiger partial charge in [-0.1, -0.05) is 297 Å². The summed E-state index contributed by atoms with van der Waals surface area (Å²) in [5, 5.41) is 54.8. The number of hydrogen-bond donors (Lipinski definition) is 6. The predicted octanol–water partition coefficient (Wildman–Crippen LogP) is 17.5. The van der Waals surface area contributed by atoms with Crippen LogP contribution in [0.3, 0.4) is 0 Å². The molecule has 0 aliphatic carbocycles. The molecule has 7 atom stereocenters. The van der Waals surface area contributed by atoms with E-state index in [0.29, 0.717) is 19.3 Å². The summed E-state index contributed by atoms with van der Waals surface area (Å²) in [6.07, 6.45) is 77.4. The second kappa shape index (κ2) is 58.3. The van der Waals surface area contributed by atoms with Gasteiger partial charge in [-0.05, 0) is 77.0 Å². The van der Waals surface area contributed by atoms with Gasteiger partial charge in [-0.3, -0.25) is 4.79 Å². The van der Waals surface area contributed by atoms with E-state index in [1.54, 1.807) is 0 Å². The van der Waals surface area contributed by atoms with Crippen LogP contribution < -0.4 is 5.32 Å². The van der Waals surface area contributed by atoms with Gasteiger partial charge >= 0.3 is 0 Å². The Morgan fingerprint density at radius 3 is 1.14 bits per heavy atom. The van der Waals surface area contributed by atoms with Crippen molar-refractivity contribution in [1.29, 1.82) is 0 Å². The normalized spacial score (nSPS) is 19.2. The van der Waals surface area contributed by atoms with E-state index in [2.05, 4.69) is 116 Å². The van der Waals surface area contributed by atoms with Crippen LogP contribution in [-0.4, -0.2) is 87.5 Å². The van der Waals surface area contributed by atoms with Crippen LogP contribution in [0.2, 0.25) is 0 Å². The number of unbranched alkanes of at least 4 members (excludes halogenated alkanes) is 30. The van der Waals surface area contributed by atoms with Crippen molar-refractivity contribution in [1.82, 2.24) is 5.32 Å². The summed E-state index contributed by atoms with van der Waals surface area (Å²) < 4.78 is 11.3. The number of ether oxygens (including phenoxy) is 2. The molecule has 0 aromatic rings. The smallest absolute Gasteiger partial charge is 0.220 e. The van der Waals surface area contributed by atoms with Crippen LogP contribution in [0.5, 0.6) is 0 Å². The van der Waals surface area contributed by atoms with E-state index >= 15 is 0 Å². The maximum Gasteiger partial charge on any atom is 0.220 e. The Bertz CT molecular complexity index is 1560. The minimum atomic E-state index is -1.57. The molecular formula is C70H123NO8. The van der Waals surface area contributed by atoms with Crippen molar-refractivity contribution in [3.05, 3.63) is 97.2 Å². The first-order valence-electron chi connectivity index (χ1n) is 32.9. The van der Waals surface area contributed by atoms with Crippen LogP contribution in [0.25, 0.3) is 0 Å². The summed E-state index contributed by atoms with van der Waals surface area (Å²) in [5.74, 6) is -0.187. The fraction of sp³-hybridized carbons (Fsp3) is 0.757. The van der Waals surface area contributed by atoms with Crippen molar-refractivity contribution < 1.29 is 39.8 Å². The number of nitrogens with one attached hydrogen (secondary N) is 1. The van der Waals surface area contributed by atoms with E-state index in [9.17, 15) is 30.3 Å². The Labute approximate surface area is 485 Å². The number of amides is 1. The fourth-order valence-electron chi connectivity index (χ4n) is 10.1. The molecule has 1 aliphatic rings. The third-order valence-electron chi connectivity index (χ3n) is 15.2. The van der Waals surface area contributed by atoms with Crippen LogP contribution in [0, 0.1) is 0 Å². The van der Waals surface area contributed by atoms with E-state index in [0.717, 1.165) is 83.5 Å². The van der Waals surface area contributed by atoms with Crippen molar-refractivity contribution in [3.8, 4) is 0 Å². The Morgan fingerprint density at radius 2 is 0.785 bits per heavy atom. The molecule has 7 unspecified atom stereocenters. The lowest BCUT2D eigenvalue weighted by Crippen LogP contribution is -2.60. The Hall–Kier alpha value is -2.89. The molecule has 1 rings (SSSR count). The Morgan fingerprint density at radius 1 is 0.443 bits per heavy atom. The van der Waals surface area contributed by atoms with E-state index in [-0.39, 0.29) is 12.5 Å². The molecule has 1 fully saturated rings. The van der Waals surface area contributed by atoms with Gasteiger partial charge in [0.15, 0.2) is 6.29 Å². The zero-order chi connectivity index (χ0) is 57.2. The van der Waals surface area contributed by atoms with E-state index < -0.39 is 49.5 Å². The lowest BCUT2D eigenvalue weighted by molar-refractivity contribution is -0.302. The maximum absolute atomic E-state index is 13.1. The molecular weight excluding hydrogens is 983 g/mol. The minimum absolute atomic E-state index is 0.161. The monoisotopic (exact) mass is 1110 g/mol. The summed E-state index contributed by atoms with van der Waals surface area (Å²) in [5.41, 5.74) is 0. The summed E-state index contributed by atoms with van der Waals surface area (Å²) in [7, 11) is 0. The largest absolute Gasteiger partial charge is 0.394 e. The molecule has 1 saturated heterocycles. The van der Waals surface area contributed by atoms with Gasteiger partial charge in [-0.25, -0.2) is 0 Å². The Kier molecular flexibility index (Phi) is 54.7. The maximum atomic E-state index is 13.1. The average molecular weight is 1110 g/mol. The molecule has 1 heterocycles. The van der Waals surface area contributed by atoms with E-state index in [1.807, 2.05) is 0 Å². The van der Waals surface area contributed by atoms with Gasteiger partial charge in [0.1, 0.15) is 24.4 Å². The topological polar surface area (TPSA) is 149 Å². The molecule has 79 heavy (non-hydrogen) atoms. The summed E-state index contributed by atoms with van der Waals surface area (Å²) >= 11 is 0. The molecule has 9 heteroatoms. The SMILES string of the molecule is CC/C=C\C/C=C\C/C=C\C/C=C\C/C=C\C/C=C\C/C=C\C/C=C\CCCCC(=O)NC(COC1OC(CO)C(O)C(O)C1O)C(O)CCCCCCCCCCCCCCCCCCCCCCCCCCCCCCC. The first-order chi connectivity index (χ1) is 38.8. The number of aliphatic hydroxyl groups is 5. The van der Waals surface area contributed by atoms with Gasteiger partial charge in [-0.2, -0.15) is 0 Å². The number of carbonyl (C=O) groups is 1. The standard InChI is InChI=1S/C70H123NO8/c1-3-5-7-9-11-13-15-17-19-21-23-25-27-29-31-32-34-35-37-39-41-43-45-47-49-51-53-55-57-59-64(73)63(62-78-70-69(77)68(76)67(75)65(61-72)79-70)71-66(74)60-58-56-54-52-50-48-46-44-42-40-38-36-33-30-28-26-24-22-20-18-16-14-12-10-8-6-4-2/h6,8,12,14,18,20,24,26,30,33,38,40,44,46,50,52,63-65,67-70,72-73,75-77H,3-5,7,9-11,13,15-17,19,21-23,25,27-29,31-32,34-37,39,41-43,45,47-49,51,53-62H2,1-2H3,(H,71,74)/b8-6-,14-12-,20-18-,26-24-,33-30-,40-38-,46-44-,52-50-. The number of carbonyl (C=O) groups excluding carboxylic acids is 1. The van der Waals surface area contributed by atoms with Crippen LogP contribution in [0.1, 0.15) is 284 Å². The van der Waals surface area contributed by atoms with E-state index in [1.165, 1.54) is 167 Å². The highest BCUT2D eigenvalue weighted by Crippen LogP contribution is 2.23. The minimum Gasteiger partial charge on any atom is -0.394 e. The van der Waals surface area contributed by atoms with Gasteiger partial charge in [0.05, 0.1) is 25.4 Å². The van der Waals surface area contributed by atoms with Crippen molar-refractivity contribution in [2.24, 2.45) is 0 Å². The highest BCUT2D eigenvalue weighted by molar-refractivity contribution is 5.76. The lowest BCUT2D eigenvalue weighted by atomic mass is 9.99. The number of hydrogen-bond acceptors (Lipinski definition) is 8. The summed E-state index contributed by atoms with van der Waals surface area (Å²) in [6, 6.07) is -0.752. The van der Waals surface area contributed by atoms with Crippen LogP contribution in [0.15, 0.2) is 97.2 Å². The molecule has 0 bridgehead atoms. The van der Waals surface area contributed by atoms with Gasteiger partial charge < -0.3 is 40.3 Å². The van der Waals surface area contributed by atoms with Gasteiger partial charge in [-0.15, -0.1) is 0 Å². The second-order valence-electron chi connectivity index (χ2n) is 22.5. The second-order valence-corrected chi connectivity index (χ2v) is 22.5.